The first-order chi connectivity index (χ1) is 15.8. The lowest BCUT2D eigenvalue weighted by atomic mass is 9.95. The molecule has 0 bridgehead atoms. The zero-order chi connectivity index (χ0) is 23.7. The number of aliphatic hydroxyl groups excluding tert-OH is 1. The van der Waals surface area contributed by atoms with Gasteiger partial charge < -0.3 is 10.4 Å². The number of benzene rings is 2. The Kier molecular flexibility index (Phi) is 6.11. The minimum Gasteiger partial charge on any atom is -0.507 e. The van der Waals surface area contributed by atoms with Crippen molar-refractivity contribution in [3.8, 4) is 0 Å². The molecule has 0 saturated carbocycles. The number of anilines is 2. The van der Waals surface area contributed by atoms with E-state index in [1.807, 2.05) is 6.92 Å². The largest absolute Gasteiger partial charge is 0.507 e. The molecule has 1 aromatic heterocycles. The zero-order valence-electron chi connectivity index (χ0n) is 17.9. The Balaban J connectivity index is 1.91. The maximum Gasteiger partial charge on any atom is 0.300 e. The second kappa shape index (κ2) is 8.99. The monoisotopic (exact) mass is 505 g/mol. The molecule has 8 heteroatoms. The van der Waals surface area contributed by atoms with Gasteiger partial charge in [-0.3, -0.25) is 24.3 Å². The first-order valence-electron chi connectivity index (χ1n) is 10.1. The second-order valence-corrected chi connectivity index (χ2v) is 8.50. The van der Waals surface area contributed by atoms with Crippen molar-refractivity contribution in [2.24, 2.45) is 0 Å². The highest BCUT2D eigenvalue weighted by molar-refractivity contribution is 9.10. The Hall–Kier alpha value is -3.78. The van der Waals surface area contributed by atoms with Crippen LogP contribution in [-0.2, 0) is 14.4 Å². The summed E-state index contributed by atoms with van der Waals surface area (Å²) in [5.74, 6) is -2.08. The lowest BCUT2D eigenvalue weighted by molar-refractivity contribution is -0.132. The van der Waals surface area contributed by atoms with E-state index in [1.54, 1.807) is 67.0 Å². The Morgan fingerprint density at radius 2 is 1.82 bits per heavy atom. The number of ketones is 1. The van der Waals surface area contributed by atoms with Crippen LogP contribution in [0.15, 0.2) is 77.0 Å². The molecule has 33 heavy (non-hydrogen) atoms. The van der Waals surface area contributed by atoms with E-state index in [0.29, 0.717) is 22.5 Å². The average molecular weight is 506 g/mol. The first kappa shape index (κ1) is 22.4. The number of hydrogen-bond donors (Lipinski definition) is 2. The van der Waals surface area contributed by atoms with Gasteiger partial charge in [0.1, 0.15) is 5.76 Å². The summed E-state index contributed by atoms with van der Waals surface area (Å²) >= 11 is 3.43. The molecule has 166 valence electrons. The lowest BCUT2D eigenvalue weighted by Crippen LogP contribution is -2.29. The predicted octanol–water partition coefficient (Wildman–Crippen LogP) is 4.74. The van der Waals surface area contributed by atoms with E-state index in [0.717, 1.165) is 10.0 Å². The summed E-state index contributed by atoms with van der Waals surface area (Å²) in [6.07, 6.45) is 3.12. The van der Waals surface area contributed by atoms with Crippen molar-refractivity contribution < 1.29 is 19.5 Å². The van der Waals surface area contributed by atoms with Crippen molar-refractivity contribution in [3.05, 3.63) is 93.7 Å². The fourth-order valence-corrected chi connectivity index (χ4v) is 4.09. The molecule has 1 atom stereocenters. The normalized spacial score (nSPS) is 17.3. The van der Waals surface area contributed by atoms with Crippen molar-refractivity contribution in [2.75, 3.05) is 10.2 Å². The number of pyridine rings is 1. The fourth-order valence-electron chi connectivity index (χ4n) is 3.84. The van der Waals surface area contributed by atoms with Gasteiger partial charge in [0.25, 0.3) is 11.7 Å². The molecule has 0 radical (unpaired) electrons. The Labute approximate surface area is 198 Å². The van der Waals surface area contributed by atoms with Gasteiger partial charge in [0.2, 0.25) is 5.91 Å². The number of amides is 2. The van der Waals surface area contributed by atoms with Gasteiger partial charge in [-0.25, -0.2) is 0 Å². The van der Waals surface area contributed by atoms with Crippen LogP contribution in [0.25, 0.3) is 5.76 Å². The van der Waals surface area contributed by atoms with Crippen LogP contribution in [0.5, 0.6) is 0 Å². The molecule has 1 saturated heterocycles. The van der Waals surface area contributed by atoms with Crippen LogP contribution >= 0.6 is 15.9 Å². The SMILES string of the molecule is CC(=O)Nc1cccc(N2C(=O)C(=O)/C(=C(/O)c3ccc(Br)c(C)c3)C2c2ccncc2)c1. The number of aliphatic hydroxyl groups is 1. The molecule has 1 fully saturated rings. The zero-order valence-corrected chi connectivity index (χ0v) is 19.5. The second-order valence-electron chi connectivity index (χ2n) is 7.65. The van der Waals surface area contributed by atoms with Crippen LogP contribution in [0, 0.1) is 6.92 Å². The van der Waals surface area contributed by atoms with Crippen molar-refractivity contribution in [2.45, 2.75) is 19.9 Å². The molecule has 2 amide bonds. The van der Waals surface area contributed by atoms with E-state index in [1.165, 1.54) is 11.8 Å². The van der Waals surface area contributed by atoms with E-state index in [4.69, 9.17) is 0 Å². The third-order valence-electron chi connectivity index (χ3n) is 5.34. The summed E-state index contributed by atoms with van der Waals surface area (Å²) in [6, 6.07) is 14.4. The summed E-state index contributed by atoms with van der Waals surface area (Å²) in [5.41, 5.74) is 2.80. The molecular formula is C25H20BrN3O4. The lowest BCUT2D eigenvalue weighted by Gasteiger charge is -2.25. The maximum absolute atomic E-state index is 13.2. The maximum atomic E-state index is 13.2. The van der Waals surface area contributed by atoms with Crippen LogP contribution < -0.4 is 10.2 Å². The van der Waals surface area contributed by atoms with Gasteiger partial charge >= 0.3 is 0 Å². The standard InChI is InChI=1S/C25H20BrN3O4/c1-14-12-17(6-7-20(14)26)23(31)21-22(16-8-10-27-11-9-16)29(25(33)24(21)32)19-5-3-4-18(13-19)28-15(2)30/h3-13,22,31H,1-2H3,(H,28,30)/b23-21+. The number of nitrogens with zero attached hydrogens (tertiary/aromatic N) is 2. The quantitative estimate of drug-likeness (QED) is 0.303. The van der Waals surface area contributed by atoms with Gasteiger partial charge in [0.05, 0.1) is 11.6 Å². The third kappa shape index (κ3) is 4.29. The minimum atomic E-state index is -0.871. The van der Waals surface area contributed by atoms with Crippen molar-refractivity contribution >= 4 is 50.7 Å². The predicted molar refractivity (Wildman–Crippen MR) is 129 cm³/mol. The number of hydrogen-bond acceptors (Lipinski definition) is 5. The Morgan fingerprint density at radius 3 is 2.48 bits per heavy atom. The molecule has 7 nitrogen and oxygen atoms in total. The highest BCUT2D eigenvalue weighted by Gasteiger charge is 2.47. The molecule has 0 spiro atoms. The Morgan fingerprint density at radius 1 is 1.09 bits per heavy atom. The van der Waals surface area contributed by atoms with Gasteiger partial charge in [-0.2, -0.15) is 0 Å². The molecule has 1 unspecified atom stereocenters. The number of halogens is 1. The van der Waals surface area contributed by atoms with E-state index in [9.17, 15) is 19.5 Å². The summed E-state index contributed by atoms with van der Waals surface area (Å²) in [6.45, 7) is 3.25. The number of aryl methyl sites for hydroxylation is 1. The topological polar surface area (TPSA) is 99.6 Å². The third-order valence-corrected chi connectivity index (χ3v) is 6.23. The van der Waals surface area contributed by atoms with E-state index < -0.39 is 17.7 Å². The summed E-state index contributed by atoms with van der Waals surface area (Å²) in [4.78, 5) is 43.3. The van der Waals surface area contributed by atoms with Crippen LogP contribution in [-0.4, -0.2) is 27.7 Å². The number of carbonyl (C=O) groups excluding carboxylic acids is 3. The number of carbonyl (C=O) groups is 3. The van der Waals surface area contributed by atoms with E-state index in [2.05, 4.69) is 26.2 Å². The smallest absolute Gasteiger partial charge is 0.300 e. The average Bonchev–Trinajstić information content (AvgIpc) is 3.06. The van der Waals surface area contributed by atoms with Crippen LogP contribution in [0.3, 0.4) is 0 Å². The van der Waals surface area contributed by atoms with Crippen LogP contribution in [0.2, 0.25) is 0 Å². The molecular weight excluding hydrogens is 486 g/mol. The summed E-state index contributed by atoms with van der Waals surface area (Å²) < 4.78 is 0.861. The summed E-state index contributed by atoms with van der Waals surface area (Å²) in [5, 5.41) is 13.9. The van der Waals surface area contributed by atoms with Crippen LogP contribution in [0.1, 0.15) is 29.7 Å². The first-order valence-corrected chi connectivity index (χ1v) is 10.9. The molecule has 0 aliphatic carbocycles. The van der Waals surface area contributed by atoms with Crippen molar-refractivity contribution in [3.63, 3.8) is 0 Å². The highest BCUT2D eigenvalue weighted by Crippen LogP contribution is 2.42. The van der Waals surface area contributed by atoms with Crippen LogP contribution in [0.4, 0.5) is 11.4 Å². The highest BCUT2D eigenvalue weighted by atomic mass is 79.9. The molecule has 4 rings (SSSR count). The Bertz CT molecular complexity index is 1300. The van der Waals surface area contributed by atoms with Gasteiger partial charge in [-0.15, -0.1) is 0 Å². The fraction of sp³-hybridized carbons (Fsp3) is 0.120. The van der Waals surface area contributed by atoms with E-state index >= 15 is 0 Å². The van der Waals surface area contributed by atoms with E-state index in [-0.39, 0.29) is 17.2 Å². The number of aromatic nitrogens is 1. The van der Waals surface area contributed by atoms with Crippen molar-refractivity contribution in [1.82, 2.24) is 4.98 Å². The van der Waals surface area contributed by atoms with Crippen molar-refractivity contribution in [1.29, 1.82) is 0 Å². The molecule has 2 N–H and O–H groups in total. The molecule has 2 aromatic carbocycles. The molecule has 3 aromatic rings. The number of nitrogens with one attached hydrogen (secondary N) is 1. The molecule has 1 aliphatic heterocycles. The van der Waals surface area contributed by atoms with Gasteiger partial charge in [-0.05, 0) is 60.5 Å². The number of Topliss-reactive ketones (excluding diaryl/α,β-unsaturated/α-hetero) is 1. The minimum absolute atomic E-state index is 0.0159. The summed E-state index contributed by atoms with van der Waals surface area (Å²) in [7, 11) is 0. The molecule has 1 aliphatic rings. The van der Waals surface area contributed by atoms with Gasteiger partial charge in [0, 0.05) is 40.7 Å². The van der Waals surface area contributed by atoms with Gasteiger partial charge in [0.15, 0.2) is 0 Å². The van der Waals surface area contributed by atoms with Gasteiger partial charge in [-0.1, -0.05) is 28.1 Å². The number of rotatable bonds is 4. The molecule has 2 heterocycles.